The zero-order chi connectivity index (χ0) is 15.9. The van der Waals surface area contributed by atoms with Crippen molar-refractivity contribution < 1.29 is 0 Å². The van der Waals surface area contributed by atoms with Crippen LogP contribution in [0.5, 0.6) is 0 Å². The van der Waals surface area contributed by atoms with E-state index < -0.39 is 0 Å². The Morgan fingerprint density at radius 2 is 1.59 bits per heavy atom. The normalized spacial score (nSPS) is 19.5. The lowest BCUT2D eigenvalue weighted by molar-refractivity contribution is 0.442. The molecule has 0 saturated carbocycles. The molecule has 0 saturated heterocycles. The molecule has 1 aliphatic heterocycles. The maximum absolute atomic E-state index is 4.67. The van der Waals surface area contributed by atoms with Gasteiger partial charge in [-0.3, -0.25) is 0 Å². The van der Waals surface area contributed by atoms with Gasteiger partial charge < -0.3 is 0 Å². The van der Waals surface area contributed by atoms with Crippen molar-refractivity contribution in [2.45, 2.75) is 41.2 Å². The summed E-state index contributed by atoms with van der Waals surface area (Å²) in [4.78, 5) is 4.67. The van der Waals surface area contributed by atoms with Gasteiger partial charge in [0.15, 0.2) is 12.0 Å². The molecule has 3 rings (SSSR count). The highest BCUT2D eigenvalue weighted by Crippen LogP contribution is 2.40. The number of hydrogen-bond donors (Lipinski definition) is 0. The second-order valence-electron chi connectivity index (χ2n) is 6.48. The molecular weight excluding hydrogens is 268 g/mol. The van der Waals surface area contributed by atoms with Crippen LogP contribution in [0.4, 0.5) is 11.4 Å². The van der Waals surface area contributed by atoms with Crippen LogP contribution in [-0.2, 0) is 6.54 Å². The van der Waals surface area contributed by atoms with Crippen LogP contribution in [-0.4, -0.2) is 12.9 Å². The van der Waals surface area contributed by atoms with E-state index in [0.717, 1.165) is 23.3 Å². The predicted molar refractivity (Wildman–Crippen MR) is 96.0 cm³/mol. The monoisotopic (exact) mass is 293 g/mol. The first kappa shape index (κ1) is 15.0. The number of para-hydroxylation sites is 2. The second-order valence-corrected chi connectivity index (χ2v) is 6.48. The van der Waals surface area contributed by atoms with E-state index in [-0.39, 0.29) is 0 Å². The van der Waals surface area contributed by atoms with Gasteiger partial charge in [-0.25, -0.2) is 4.48 Å². The molecule has 0 spiro atoms. The number of aryl methyl sites for hydroxylation is 2. The minimum Gasteiger partial charge on any atom is -0.243 e. The van der Waals surface area contributed by atoms with E-state index in [0.29, 0.717) is 0 Å². The minimum absolute atomic E-state index is 0.820. The number of aliphatic imine (C=N–C) groups is 1. The predicted octanol–water partition coefficient (Wildman–Crippen LogP) is 5.12. The molecule has 0 fully saturated rings. The molecule has 2 aromatic carbocycles. The summed E-state index contributed by atoms with van der Waals surface area (Å²) in [6, 6.07) is 10.8. The van der Waals surface area contributed by atoms with Crippen LogP contribution in [0.3, 0.4) is 0 Å². The molecule has 22 heavy (non-hydrogen) atoms. The molecule has 1 atom stereocenters. The maximum atomic E-state index is 4.67. The summed E-state index contributed by atoms with van der Waals surface area (Å²) in [5.41, 5.74) is 9.53. The number of benzene rings is 2. The first-order valence-electron chi connectivity index (χ1n) is 8.06. The van der Waals surface area contributed by atoms with Gasteiger partial charge in [0.2, 0.25) is 0 Å². The SMILES string of the molecule is CC[N+]1(Cc2c(C)c(C)cc(C)c2C)C=Nc2ccccc21. The highest BCUT2D eigenvalue weighted by atomic mass is 15.4. The second kappa shape index (κ2) is 5.36. The lowest BCUT2D eigenvalue weighted by Crippen LogP contribution is -2.45. The van der Waals surface area contributed by atoms with Gasteiger partial charge in [0, 0.05) is 11.6 Å². The zero-order valence-corrected chi connectivity index (χ0v) is 14.3. The molecule has 0 bridgehead atoms. The minimum atomic E-state index is 0.820. The standard InChI is InChI=1S/C20H25N2/c1-6-22(13-21-19-9-7-8-10-20(19)22)12-18-16(4)14(2)11-15(3)17(18)5/h7-11,13H,6,12H2,1-5H3/q+1. The van der Waals surface area contributed by atoms with E-state index in [1.165, 1.54) is 33.5 Å². The fourth-order valence-corrected chi connectivity index (χ4v) is 3.49. The molecule has 2 aromatic rings. The smallest absolute Gasteiger partial charge is 0.196 e. The summed E-state index contributed by atoms with van der Waals surface area (Å²) in [6.45, 7) is 13.2. The third kappa shape index (κ3) is 2.19. The van der Waals surface area contributed by atoms with Crippen LogP contribution >= 0.6 is 0 Å². The first-order chi connectivity index (χ1) is 10.5. The molecule has 114 valence electrons. The summed E-state index contributed by atoms with van der Waals surface area (Å²) >= 11 is 0. The Bertz CT molecular complexity index is 732. The average molecular weight is 293 g/mol. The van der Waals surface area contributed by atoms with Crippen molar-refractivity contribution >= 4 is 17.7 Å². The van der Waals surface area contributed by atoms with Crippen molar-refractivity contribution in [1.82, 2.24) is 4.48 Å². The Hall–Kier alpha value is -1.93. The van der Waals surface area contributed by atoms with Crippen LogP contribution in [0.15, 0.2) is 35.3 Å². The molecule has 0 amide bonds. The van der Waals surface area contributed by atoms with Crippen LogP contribution in [0.2, 0.25) is 0 Å². The Morgan fingerprint density at radius 1 is 0.955 bits per heavy atom. The molecule has 2 heteroatoms. The molecule has 0 radical (unpaired) electrons. The third-order valence-electron chi connectivity index (χ3n) is 5.31. The number of hydrogen-bond acceptors (Lipinski definition) is 1. The molecule has 1 aliphatic rings. The maximum Gasteiger partial charge on any atom is 0.196 e. The van der Waals surface area contributed by atoms with Crippen molar-refractivity contribution in [2.75, 3.05) is 6.54 Å². The van der Waals surface area contributed by atoms with Crippen LogP contribution in [0, 0.1) is 27.7 Å². The quantitative estimate of drug-likeness (QED) is 0.696. The molecule has 1 unspecified atom stereocenters. The largest absolute Gasteiger partial charge is 0.243 e. The third-order valence-corrected chi connectivity index (χ3v) is 5.31. The van der Waals surface area contributed by atoms with Crippen molar-refractivity contribution in [3.05, 3.63) is 58.1 Å². The fraction of sp³-hybridized carbons (Fsp3) is 0.350. The summed E-state index contributed by atoms with van der Waals surface area (Å²) in [6.07, 6.45) is 2.13. The van der Waals surface area contributed by atoms with Crippen molar-refractivity contribution in [2.24, 2.45) is 4.99 Å². The lowest BCUT2D eigenvalue weighted by Gasteiger charge is -2.31. The fourth-order valence-electron chi connectivity index (χ4n) is 3.49. The number of fused-ring (bicyclic) bond motifs is 1. The Labute approximate surface area is 133 Å². The van der Waals surface area contributed by atoms with Gasteiger partial charge >= 0.3 is 0 Å². The Kier molecular flexibility index (Phi) is 3.65. The van der Waals surface area contributed by atoms with Gasteiger partial charge in [-0.15, -0.1) is 0 Å². The summed E-state index contributed by atoms with van der Waals surface area (Å²) in [5.74, 6) is 0. The van der Waals surface area contributed by atoms with E-state index in [9.17, 15) is 0 Å². The Morgan fingerprint density at radius 3 is 2.23 bits per heavy atom. The average Bonchev–Trinajstić information content (AvgIpc) is 2.89. The lowest BCUT2D eigenvalue weighted by atomic mass is 9.93. The van der Waals surface area contributed by atoms with Crippen molar-refractivity contribution in [1.29, 1.82) is 0 Å². The van der Waals surface area contributed by atoms with Crippen LogP contribution in [0.1, 0.15) is 34.7 Å². The van der Waals surface area contributed by atoms with Gasteiger partial charge in [-0.2, -0.15) is 4.99 Å². The van der Waals surface area contributed by atoms with E-state index in [1.807, 2.05) is 0 Å². The van der Waals surface area contributed by atoms with Gasteiger partial charge in [0.05, 0.1) is 6.54 Å². The van der Waals surface area contributed by atoms with Crippen LogP contribution in [0.25, 0.3) is 0 Å². The summed E-state index contributed by atoms with van der Waals surface area (Å²) < 4.78 is 0.820. The van der Waals surface area contributed by atoms with Crippen molar-refractivity contribution in [3.63, 3.8) is 0 Å². The highest BCUT2D eigenvalue weighted by molar-refractivity contribution is 5.88. The topological polar surface area (TPSA) is 12.4 Å². The molecule has 1 heterocycles. The van der Waals surface area contributed by atoms with E-state index in [2.05, 4.69) is 76.3 Å². The highest BCUT2D eigenvalue weighted by Gasteiger charge is 2.35. The molecule has 0 aromatic heterocycles. The number of quaternary nitrogens is 1. The van der Waals surface area contributed by atoms with Gasteiger partial charge in [-0.05, 0) is 62.9 Å². The number of rotatable bonds is 3. The summed E-state index contributed by atoms with van der Waals surface area (Å²) in [5, 5.41) is 0. The van der Waals surface area contributed by atoms with Crippen LogP contribution < -0.4 is 4.48 Å². The molecule has 2 nitrogen and oxygen atoms in total. The van der Waals surface area contributed by atoms with E-state index in [4.69, 9.17) is 0 Å². The van der Waals surface area contributed by atoms with Gasteiger partial charge in [0.25, 0.3) is 0 Å². The van der Waals surface area contributed by atoms with Gasteiger partial charge in [-0.1, -0.05) is 18.2 Å². The van der Waals surface area contributed by atoms with E-state index >= 15 is 0 Å². The molecule has 0 aliphatic carbocycles. The van der Waals surface area contributed by atoms with Crippen molar-refractivity contribution in [3.8, 4) is 0 Å². The molecular formula is C20H25N2+. The van der Waals surface area contributed by atoms with E-state index in [1.54, 1.807) is 0 Å². The Balaban J connectivity index is 2.12. The number of nitrogens with zero attached hydrogens (tertiary/aromatic N) is 2. The zero-order valence-electron chi connectivity index (χ0n) is 14.3. The summed E-state index contributed by atoms with van der Waals surface area (Å²) in [7, 11) is 0. The van der Waals surface area contributed by atoms with Gasteiger partial charge in [0.1, 0.15) is 12.2 Å². The first-order valence-corrected chi connectivity index (χ1v) is 8.06. The molecule has 0 N–H and O–H groups in total.